The van der Waals surface area contributed by atoms with Gasteiger partial charge < -0.3 is 15.0 Å². The minimum atomic E-state index is -4.42. The van der Waals surface area contributed by atoms with Crippen LogP contribution in [0.4, 0.5) is 24.7 Å². The van der Waals surface area contributed by atoms with Gasteiger partial charge in [-0.2, -0.15) is 13.2 Å². The summed E-state index contributed by atoms with van der Waals surface area (Å²) in [5.74, 6) is 0.218. The van der Waals surface area contributed by atoms with E-state index >= 15 is 0 Å². The molecule has 0 aliphatic carbocycles. The highest BCUT2D eigenvalue weighted by molar-refractivity contribution is 5.92. The summed E-state index contributed by atoms with van der Waals surface area (Å²) < 4.78 is 43.2. The van der Waals surface area contributed by atoms with Crippen LogP contribution in [0.1, 0.15) is 18.2 Å². The fraction of sp³-hybridized carbons (Fsp3) is 0.400. The molecule has 0 unspecified atom stereocenters. The predicted octanol–water partition coefficient (Wildman–Crippen LogP) is 2.11. The van der Waals surface area contributed by atoms with Crippen molar-refractivity contribution in [1.29, 1.82) is 0 Å². The van der Waals surface area contributed by atoms with Gasteiger partial charge >= 0.3 is 12.1 Å². The van der Waals surface area contributed by atoms with E-state index in [2.05, 4.69) is 15.3 Å². The molecule has 0 bridgehead atoms. The van der Waals surface area contributed by atoms with Gasteiger partial charge in [-0.3, -0.25) is 19.5 Å². The van der Waals surface area contributed by atoms with Crippen molar-refractivity contribution in [2.45, 2.75) is 25.6 Å². The second-order valence-corrected chi connectivity index (χ2v) is 7.54. The highest BCUT2D eigenvalue weighted by Crippen LogP contribution is 2.30. The number of carbonyl (C=O) groups is 2. The van der Waals surface area contributed by atoms with Gasteiger partial charge in [0.25, 0.3) is 0 Å². The number of esters is 1. The fourth-order valence-corrected chi connectivity index (χ4v) is 3.62. The molecular formula is C20H20F3N5O3. The van der Waals surface area contributed by atoms with E-state index in [1.165, 1.54) is 12.3 Å². The molecule has 31 heavy (non-hydrogen) atoms. The Morgan fingerprint density at radius 2 is 2.06 bits per heavy atom. The highest BCUT2D eigenvalue weighted by Gasteiger charge is 2.32. The summed E-state index contributed by atoms with van der Waals surface area (Å²) in [5, 5.41) is 2.75. The van der Waals surface area contributed by atoms with Gasteiger partial charge in [-0.25, -0.2) is 4.98 Å². The lowest BCUT2D eigenvalue weighted by atomic mass is 10.1. The number of carbonyl (C=O) groups excluding carboxylic acids is 2. The molecule has 1 atom stereocenters. The minimum absolute atomic E-state index is 0.0114. The van der Waals surface area contributed by atoms with E-state index in [-0.39, 0.29) is 30.9 Å². The Morgan fingerprint density at radius 3 is 2.74 bits per heavy atom. The van der Waals surface area contributed by atoms with Crippen LogP contribution >= 0.6 is 0 Å². The molecule has 4 rings (SSSR count). The number of nitrogens with one attached hydrogen (secondary N) is 1. The first-order valence-electron chi connectivity index (χ1n) is 9.71. The average molecular weight is 435 g/mol. The van der Waals surface area contributed by atoms with Gasteiger partial charge in [0.1, 0.15) is 5.82 Å². The largest absolute Gasteiger partial charge is 0.424 e. The summed E-state index contributed by atoms with van der Waals surface area (Å²) in [6.45, 7) is 3.71. The van der Waals surface area contributed by atoms with E-state index in [0.717, 1.165) is 12.3 Å². The van der Waals surface area contributed by atoms with Crippen LogP contribution in [0.5, 0.6) is 5.75 Å². The van der Waals surface area contributed by atoms with Crippen molar-refractivity contribution >= 4 is 23.4 Å². The summed E-state index contributed by atoms with van der Waals surface area (Å²) in [5.41, 5.74) is 0.207. The Kier molecular flexibility index (Phi) is 5.52. The zero-order valence-electron chi connectivity index (χ0n) is 16.6. The van der Waals surface area contributed by atoms with Crippen LogP contribution in [0.2, 0.25) is 0 Å². The maximum absolute atomic E-state index is 12.7. The first-order valence-corrected chi connectivity index (χ1v) is 9.71. The van der Waals surface area contributed by atoms with Crippen LogP contribution in [0.3, 0.4) is 0 Å². The van der Waals surface area contributed by atoms with Crippen molar-refractivity contribution in [2.75, 3.05) is 36.4 Å². The second kappa shape index (κ2) is 8.14. The fourth-order valence-electron chi connectivity index (χ4n) is 3.62. The van der Waals surface area contributed by atoms with E-state index in [0.29, 0.717) is 42.6 Å². The van der Waals surface area contributed by atoms with Crippen molar-refractivity contribution in [3.8, 4) is 5.75 Å². The predicted molar refractivity (Wildman–Crippen MR) is 105 cm³/mol. The van der Waals surface area contributed by atoms with E-state index in [9.17, 15) is 22.8 Å². The van der Waals surface area contributed by atoms with Crippen molar-refractivity contribution in [3.05, 3.63) is 41.9 Å². The summed E-state index contributed by atoms with van der Waals surface area (Å²) >= 11 is 0. The van der Waals surface area contributed by atoms with E-state index in [1.807, 2.05) is 16.7 Å². The molecule has 0 saturated carbocycles. The maximum Gasteiger partial charge on any atom is 0.417 e. The molecular weight excluding hydrogens is 415 g/mol. The number of amides is 1. The standard InChI is InChI=1S/C20H20F3N5O3/c1-12-10-28(17-3-2-13(8-25-17)20(21,22)23)5-4-27(12)11-18(29)26-14-6-16-15(24-9-14)7-19(30)31-16/h2-3,6,8-9,12H,4-5,7,10-11H2,1H3,(H,26,29)/t12-/m1/s1. The summed E-state index contributed by atoms with van der Waals surface area (Å²) in [6, 6.07) is 3.95. The second-order valence-electron chi connectivity index (χ2n) is 7.54. The van der Waals surface area contributed by atoms with E-state index < -0.39 is 11.7 Å². The number of nitrogens with zero attached hydrogens (tertiary/aromatic N) is 4. The lowest BCUT2D eigenvalue weighted by Crippen LogP contribution is -2.54. The molecule has 0 radical (unpaired) electrons. The highest BCUT2D eigenvalue weighted by atomic mass is 19.4. The van der Waals surface area contributed by atoms with Crippen LogP contribution < -0.4 is 15.0 Å². The van der Waals surface area contributed by atoms with Crippen LogP contribution in [-0.4, -0.2) is 59.0 Å². The number of fused-ring (bicyclic) bond motifs is 1. The molecule has 0 aromatic carbocycles. The molecule has 8 nitrogen and oxygen atoms in total. The number of rotatable bonds is 4. The number of hydrogen-bond acceptors (Lipinski definition) is 7. The molecule has 164 valence electrons. The average Bonchev–Trinajstić information content (AvgIpc) is 3.08. The lowest BCUT2D eigenvalue weighted by molar-refractivity contribution is -0.138. The minimum Gasteiger partial charge on any atom is -0.424 e. The van der Waals surface area contributed by atoms with Gasteiger partial charge in [0.2, 0.25) is 5.91 Å². The topological polar surface area (TPSA) is 87.7 Å². The molecule has 11 heteroatoms. The van der Waals surface area contributed by atoms with Gasteiger partial charge in [-0.05, 0) is 19.1 Å². The smallest absolute Gasteiger partial charge is 0.417 e. The number of hydrogen-bond donors (Lipinski definition) is 1. The third-order valence-corrected chi connectivity index (χ3v) is 5.26. The number of pyridine rings is 2. The molecule has 0 spiro atoms. The first kappa shape index (κ1) is 21.0. The molecule has 2 aliphatic rings. The van der Waals surface area contributed by atoms with Crippen molar-refractivity contribution < 1.29 is 27.5 Å². The number of ether oxygens (including phenoxy) is 1. The Labute approximate surface area is 176 Å². The quantitative estimate of drug-likeness (QED) is 0.736. The molecule has 4 heterocycles. The van der Waals surface area contributed by atoms with Crippen molar-refractivity contribution in [3.63, 3.8) is 0 Å². The molecule has 1 N–H and O–H groups in total. The molecule has 2 aromatic heterocycles. The summed E-state index contributed by atoms with van der Waals surface area (Å²) in [4.78, 5) is 35.7. The van der Waals surface area contributed by atoms with Crippen molar-refractivity contribution in [2.24, 2.45) is 0 Å². The molecule has 1 fully saturated rings. The van der Waals surface area contributed by atoms with Gasteiger partial charge in [-0.15, -0.1) is 0 Å². The molecule has 1 saturated heterocycles. The maximum atomic E-state index is 12.7. The lowest BCUT2D eigenvalue weighted by Gasteiger charge is -2.40. The van der Waals surface area contributed by atoms with E-state index in [4.69, 9.17) is 4.74 Å². The van der Waals surface area contributed by atoms with Gasteiger partial charge in [0.05, 0.1) is 36.1 Å². The first-order chi connectivity index (χ1) is 14.7. The van der Waals surface area contributed by atoms with E-state index in [1.54, 1.807) is 6.07 Å². The number of halogens is 3. The van der Waals surface area contributed by atoms with Crippen molar-refractivity contribution in [1.82, 2.24) is 14.9 Å². The Morgan fingerprint density at radius 1 is 1.26 bits per heavy atom. The zero-order chi connectivity index (χ0) is 22.2. The Balaban J connectivity index is 1.31. The Hall–Kier alpha value is -3.21. The monoisotopic (exact) mass is 435 g/mol. The third kappa shape index (κ3) is 4.76. The molecule has 2 aromatic rings. The van der Waals surface area contributed by atoms with Crippen LogP contribution in [-0.2, 0) is 22.2 Å². The number of piperazine rings is 1. The SMILES string of the molecule is C[C@@H]1CN(c2ccc(C(F)(F)F)cn2)CCN1CC(=O)Nc1cnc2c(c1)OC(=O)C2. The van der Waals surface area contributed by atoms with Crippen LogP contribution in [0.25, 0.3) is 0 Å². The normalized spacial score (nSPS) is 19.2. The summed E-state index contributed by atoms with van der Waals surface area (Å²) in [6.07, 6.45) is -1.97. The van der Waals surface area contributed by atoms with Gasteiger partial charge in [-0.1, -0.05) is 0 Å². The zero-order valence-corrected chi connectivity index (χ0v) is 16.6. The van der Waals surface area contributed by atoms with Gasteiger partial charge in [0, 0.05) is 37.9 Å². The number of alkyl halides is 3. The van der Waals surface area contributed by atoms with Gasteiger partial charge in [0.15, 0.2) is 5.75 Å². The number of aromatic nitrogens is 2. The third-order valence-electron chi connectivity index (χ3n) is 5.26. The molecule has 2 aliphatic heterocycles. The number of anilines is 2. The molecule has 1 amide bonds. The Bertz CT molecular complexity index is 997. The summed E-state index contributed by atoms with van der Waals surface area (Å²) in [7, 11) is 0. The van der Waals surface area contributed by atoms with Crippen LogP contribution in [0, 0.1) is 0 Å². The van der Waals surface area contributed by atoms with Crippen LogP contribution in [0.15, 0.2) is 30.6 Å².